The standard InChI is InChI=1S/C14H26N2O2/c1-18-10-12-5-8-16(9-12)13(17)14(11-15)6-3-2-4-7-14/h12H,2-11,15H2,1H3. The minimum atomic E-state index is -0.250. The zero-order valence-corrected chi connectivity index (χ0v) is 11.5. The van der Waals surface area contributed by atoms with E-state index in [-0.39, 0.29) is 5.41 Å². The van der Waals surface area contributed by atoms with Crippen LogP contribution in [0.2, 0.25) is 0 Å². The molecule has 1 amide bonds. The minimum absolute atomic E-state index is 0.250. The van der Waals surface area contributed by atoms with E-state index in [1.54, 1.807) is 7.11 Å². The van der Waals surface area contributed by atoms with Crippen molar-refractivity contribution in [1.82, 2.24) is 4.90 Å². The van der Waals surface area contributed by atoms with Gasteiger partial charge < -0.3 is 15.4 Å². The van der Waals surface area contributed by atoms with E-state index in [2.05, 4.69) is 0 Å². The summed E-state index contributed by atoms with van der Waals surface area (Å²) in [6.45, 7) is 3.01. The molecule has 1 saturated heterocycles. The first-order chi connectivity index (χ1) is 8.72. The molecular formula is C14H26N2O2. The molecular weight excluding hydrogens is 228 g/mol. The summed E-state index contributed by atoms with van der Waals surface area (Å²) in [4.78, 5) is 14.7. The molecule has 2 rings (SSSR count). The van der Waals surface area contributed by atoms with Crippen molar-refractivity contribution in [2.45, 2.75) is 38.5 Å². The lowest BCUT2D eigenvalue weighted by Crippen LogP contribution is -2.48. The number of methoxy groups -OCH3 is 1. The Labute approximate surface area is 110 Å². The molecule has 2 fully saturated rings. The molecule has 4 heteroatoms. The van der Waals surface area contributed by atoms with Gasteiger partial charge in [-0.3, -0.25) is 4.79 Å². The molecule has 2 aliphatic rings. The Balaban J connectivity index is 1.97. The number of nitrogens with zero attached hydrogens (tertiary/aromatic N) is 1. The van der Waals surface area contributed by atoms with Crippen molar-refractivity contribution in [3.8, 4) is 0 Å². The smallest absolute Gasteiger partial charge is 0.230 e. The molecule has 0 aromatic rings. The van der Waals surface area contributed by atoms with Gasteiger partial charge in [-0.05, 0) is 19.3 Å². The van der Waals surface area contributed by atoms with Crippen molar-refractivity contribution in [3.63, 3.8) is 0 Å². The molecule has 0 bridgehead atoms. The number of hydrogen-bond donors (Lipinski definition) is 1. The first-order valence-electron chi connectivity index (χ1n) is 7.20. The number of rotatable bonds is 4. The molecule has 1 saturated carbocycles. The maximum atomic E-state index is 12.7. The number of carbonyl (C=O) groups is 1. The highest BCUT2D eigenvalue weighted by atomic mass is 16.5. The van der Waals surface area contributed by atoms with E-state index in [1.807, 2.05) is 4.90 Å². The van der Waals surface area contributed by atoms with E-state index in [9.17, 15) is 4.79 Å². The molecule has 1 atom stereocenters. The summed E-state index contributed by atoms with van der Waals surface area (Å²) in [7, 11) is 1.73. The third kappa shape index (κ3) is 2.69. The highest BCUT2D eigenvalue weighted by Gasteiger charge is 2.42. The number of nitrogens with two attached hydrogens (primary N) is 1. The van der Waals surface area contributed by atoms with Crippen molar-refractivity contribution in [1.29, 1.82) is 0 Å². The fraction of sp³-hybridized carbons (Fsp3) is 0.929. The summed E-state index contributed by atoms with van der Waals surface area (Å²) in [5, 5.41) is 0. The van der Waals surface area contributed by atoms with E-state index in [0.717, 1.165) is 51.8 Å². The molecule has 0 radical (unpaired) electrons. The monoisotopic (exact) mass is 254 g/mol. The summed E-state index contributed by atoms with van der Waals surface area (Å²) in [5.74, 6) is 0.820. The van der Waals surface area contributed by atoms with E-state index >= 15 is 0 Å². The fourth-order valence-electron chi connectivity index (χ4n) is 3.46. The van der Waals surface area contributed by atoms with E-state index in [0.29, 0.717) is 18.4 Å². The van der Waals surface area contributed by atoms with Crippen molar-refractivity contribution in [3.05, 3.63) is 0 Å². The van der Waals surface area contributed by atoms with Gasteiger partial charge in [-0.1, -0.05) is 19.3 Å². The fourth-order valence-corrected chi connectivity index (χ4v) is 3.46. The lowest BCUT2D eigenvalue weighted by Gasteiger charge is -2.37. The van der Waals surface area contributed by atoms with Gasteiger partial charge in [0.1, 0.15) is 0 Å². The zero-order valence-electron chi connectivity index (χ0n) is 11.5. The maximum absolute atomic E-state index is 12.7. The lowest BCUT2D eigenvalue weighted by molar-refractivity contribution is -0.142. The quantitative estimate of drug-likeness (QED) is 0.825. The third-order valence-electron chi connectivity index (χ3n) is 4.63. The highest BCUT2D eigenvalue weighted by Crippen LogP contribution is 2.38. The maximum Gasteiger partial charge on any atom is 0.230 e. The van der Waals surface area contributed by atoms with Crippen LogP contribution in [0.1, 0.15) is 38.5 Å². The molecule has 0 aromatic heterocycles. The number of hydrogen-bond acceptors (Lipinski definition) is 3. The predicted octanol–water partition coefficient (Wildman–Crippen LogP) is 1.39. The van der Waals surface area contributed by atoms with E-state index in [4.69, 9.17) is 10.5 Å². The van der Waals surface area contributed by atoms with Gasteiger partial charge in [0.05, 0.1) is 12.0 Å². The molecule has 1 aliphatic carbocycles. The predicted molar refractivity (Wildman–Crippen MR) is 71.1 cm³/mol. The summed E-state index contributed by atoms with van der Waals surface area (Å²) in [5.41, 5.74) is 5.68. The van der Waals surface area contributed by atoms with Gasteiger partial charge in [0.25, 0.3) is 0 Å². The average molecular weight is 254 g/mol. The second kappa shape index (κ2) is 6.02. The van der Waals surface area contributed by atoms with Crippen LogP contribution in [0, 0.1) is 11.3 Å². The van der Waals surface area contributed by atoms with Gasteiger partial charge in [-0.2, -0.15) is 0 Å². The molecule has 0 spiro atoms. The molecule has 18 heavy (non-hydrogen) atoms. The number of ether oxygens (including phenoxy) is 1. The molecule has 2 N–H and O–H groups in total. The van der Waals surface area contributed by atoms with Crippen LogP contribution in [0.5, 0.6) is 0 Å². The Kier molecular flexibility index (Phi) is 4.62. The second-order valence-corrected chi connectivity index (χ2v) is 5.91. The Morgan fingerprint density at radius 3 is 2.72 bits per heavy atom. The second-order valence-electron chi connectivity index (χ2n) is 5.91. The van der Waals surface area contributed by atoms with Gasteiger partial charge in [0.2, 0.25) is 5.91 Å². The van der Waals surface area contributed by atoms with Gasteiger partial charge >= 0.3 is 0 Å². The van der Waals surface area contributed by atoms with Crippen molar-refractivity contribution >= 4 is 5.91 Å². The Hall–Kier alpha value is -0.610. The normalized spacial score (nSPS) is 27.4. The van der Waals surface area contributed by atoms with E-state index < -0.39 is 0 Å². The van der Waals surface area contributed by atoms with Crippen LogP contribution in [0.25, 0.3) is 0 Å². The first kappa shape index (κ1) is 13.8. The van der Waals surface area contributed by atoms with E-state index in [1.165, 1.54) is 6.42 Å². The van der Waals surface area contributed by atoms with Crippen LogP contribution in [0.4, 0.5) is 0 Å². The van der Waals surface area contributed by atoms with Gasteiger partial charge in [-0.15, -0.1) is 0 Å². The first-order valence-corrected chi connectivity index (χ1v) is 7.20. The summed E-state index contributed by atoms with van der Waals surface area (Å²) >= 11 is 0. The topological polar surface area (TPSA) is 55.6 Å². The molecule has 1 unspecified atom stereocenters. The number of likely N-dealkylation sites (tertiary alicyclic amines) is 1. The molecule has 1 aliphatic heterocycles. The van der Waals surface area contributed by atoms with Crippen LogP contribution >= 0.6 is 0 Å². The SMILES string of the molecule is COCC1CCN(C(=O)C2(CN)CCCCC2)C1. The van der Waals surface area contributed by atoms with Crippen LogP contribution in [-0.2, 0) is 9.53 Å². The third-order valence-corrected chi connectivity index (χ3v) is 4.63. The largest absolute Gasteiger partial charge is 0.384 e. The number of amides is 1. The van der Waals surface area contributed by atoms with Gasteiger partial charge in [0, 0.05) is 32.7 Å². The molecule has 4 nitrogen and oxygen atoms in total. The van der Waals surface area contributed by atoms with Crippen molar-refractivity contribution in [2.75, 3.05) is 33.4 Å². The van der Waals surface area contributed by atoms with Crippen LogP contribution in [-0.4, -0.2) is 44.2 Å². The summed E-state index contributed by atoms with van der Waals surface area (Å²) < 4.78 is 5.19. The van der Waals surface area contributed by atoms with Crippen LogP contribution in [0.3, 0.4) is 0 Å². The molecule has 0 aromatic carbocycles. The van der Waals surface area contributed by atoms with Crippen LogP contribution < -0.4 is 5.73 Å². The molecule has 1 heterocycles. The zero-order chi connectivity index (χ0) is 13.0. The van der Waals surface area contributed by atoms with Gasteiger partial charge in [-0.25, -0.2) is 0 Å². The van der Waals surface area contributed by atoms with Crippen LogP contribution in [0.15, 0.2) is 0 Å². The minimum Gasteiger partial charge on any atom is -0.384 e. The Morgan fingerprint density at radius 2 is 2.11 bits per heavy atom. The lowest BCUT2D eigenvalue weighted by atomic mass is 9.73. The number of carbonyl (C=O) groups excluding carboxylic acids is 1. The molecule has 104 valence electrons. The summed E-state index contributed by atoms with van der Waals surface area (Å²) in [6, 6.07) is 0. The highest BCUT2D eigenvalue weighted by molar-refractivity contribution is 5.83. The van der Waals surface area contributed by atoms with Crippen molar-refractivity contribution in [2.24, 2.45) is 17.1 Å². The average Bonchev–Trinajstić information content (AvgIpc) is 2.87. The summed E-state index contributed by atoms with van der Waals surface area (Å²) in [6.07, 6.45) is 6.58. The Bertz CT molecular complexity index is 288. The van der Waals surface area contributed by atoms with Gasteiger partial charge in [0.15, 0.2) is 0 Å². The van der Waals surface area contributed by atoms with Crippen molar-refractivity contribution < 1.29 is 9.53 Å². The Morgan fingerprint density at radius 1 is 1.39 bits per heavy atom.